The third kappa shape index (κ3) is 3.02. The van der Waals surface area contributed by atoms with E-state index in [-0.39, 0.29) is 17.3 Å². The zero-order valence-electron chi connectivity index (χ0n) is 15.1. The monoisotopic (exact) mass is 385 g/mol. The molecule has 4 rings (SSSR count). The molecule has 0 unspecified atom stereocenters. The van der Waals surface area contributed by atoms with Gasteiger partial charge in [0.2, 0.25) is 0 Å². The zero-order chi connectivity index (χ0) is 19.2. The number of nitrogens with one attached hydrogen (secondary N) is 1. The van der Waals surface area contributed by atoms with Gasteiger partial charge in [0.1, 0.15) is 22.9 Å². The van der Waals surface area contributed by atoms with E-state index in [1.807, 2.05) is 28.8 Å². The molecule has 3 aromatic rings. The van der Waals surface area contributed by atoms with Gasteiger partial charge in [0.15, 0.2) is 0 Å². The summed E-state index contributed by atoms with van der Waals surface area (Å²) in [5, 5.41) is 3.71. The molecule has 0 saturated heterocycles. The van der Waals surface area contributed by atoms with Crippen LogP contribution in [0.3, 0.4) is 0 Å². The second kappa shape index (κ2) is 6.51. The summed E-state index contributed by atoms with van der Waals surface area (Å²) < 4.78 is 7.00. The molecule has 1 aliphatic carbocycles. The molecule has 1 saturated carbocycles. The fraction of sp³-hybridized carbons (Fsp3) is 0.316. The number of halogens is 1. The van der Waals surface area contributed by atoms with Gasteiger partial charge in [0.25, 0.3) is 5.91 Å². The second-order valence-electron chi connectivity index (χ2n) is 7.04. The number of carbonyl (C=O) groups is 1. The van der Waals surface area contributed by atoms with Crippen molar-refractivity contribution >= 4 is 40.0 Å². The minimum absolute atomic E-state index is 0.142. The highest BCUT2D eigenvalue weighted by atomic mass is 35.5. The molecule has 2 heterocycles. The fourth-order valence-corrected chi connectivity index (χ4v) is 3.72. The van der Waals surface area contributed by atoms with Gasteiger partial charge in [0.05, 0.1) is 17.6 Å². The average Bonchev–Trinajstić information content (AvgIpc) is 3.29. The number of nitrogens with zero attached hydrogens (tertiary/aromatic N) is 3. The lowest BCUT2D eigenvalue weighted by Gasteiger charge is -2.14. The number of amides is 1. The lowest BCUT2D eigenvalue weighted by molar-refractivity contribution is 0.102. The molecule has 2 aromatic heterocycles. The van der Waals surface area contributed by atoms with Gasteiger partial charge in [0, 0.05) is 18.3 Å². The Hall–Kier alpha value is -2.64. The molecule has 0 bridgehead atoms. The molecule has 3 N–H and O–H groups in total. The van der Waals surface area contributed by atoms with Gasteiger partial charge in [-0.1, -0.05) is 23.7 Å². The van der Waals surface area contributed by atoms with Crippen molar-refractivity contribution in [3.8, 4) is 0 Å². The van der Waals surface area contributed by atoms with E-state index >= 15 is 0 Å². The third-order valence-corrected chi connectivity index (χ3v) is 5.34. The van der Waals surface area contributed by atoms with Crippen molar-refractivity contribution in [2.45, 2.75) is 31.9 Å². The second-order valence-corrected chi connectivity index (χ2v) is 7.40. The van der Waals surface area contributed by atoms with E-state index in [4.69, 9.17) is 22.1 Å². The summed E-state index contributed by atoms with van der Waals surface area (Å²) in [6.07, 6.45) is 3.34. The summed E-state index contributed by atoms with van der Waals surface area (Å²) in [4.78, 5) is 21.4. The van der Waals surface area contributed by atoms with Gasteiger partial charge in [-0.15, -0.1) is 0 Å². The van der Waals surface area contributed by atoms with Crippen molar-refractivity contribution in [1.29, 1.82) is 0 Å². The first-order valence-corrected chi connectivity index (χ1v) is 9.02. The number of nitrogens with two attached hydrogens (primary N) is 1. The summed E-state index contributed by atoms with van der Waals surface area (Å²) in [6, 6.07) is 7.43. The molecule has 1 amide bonds. The van der Waals surface area contributed by atoms with Crippen LogP contribution in [-0.2, 0) is 16.9 Å². The molecular weight excluding hydrogens is 366 g/mol. The largest absolute Gasteiger partial charge is 0.383 e. The number of methoxy groups -OCH3 is 1. The minimum atomic E-state index is -0.339. The Morgan fingerprint density at radius 2 is 2.04 bits per heavy atom. The highest BCUT2D eigenvalue weighted by Gasteiger charge is 2.43. The number of hydrogen-bond acceptors (Lipinski definition) is 5. The quantitative estimate of drug-likeness (QED) is 0.700. The Bertz CT molecular complexity index is 1020. The van der Waals surface area contributed by atoms with Crippen LogP contribution >= 0.6 is 11.6 Å². The smallest absolute Gasteiger partial charge is 0.259 e. The molecule has 140 valence electrons. The van der Waals surface area contributed by atoms with Gasteiger partial charge in [-0.25, -0.2) is 9.97 Å². The van der Waals surface area contributed by atoms with Crippen molar-refractivity contribution in [1.82, 2.24) is 14.5 Å². The first kappa shape index (κ1) is 17.8. The predicted molar refractivity (Wildman–Crippen MR) is 105 cm³/mol. The van der Waals surface area contributed by atoms with Crippen LogP contribution < -0.4 is 11.1 Å². The maximum absolute atomic E-state index is 13.0. The highest BCUT2D eigenvalue weighted by Crippen LogP contribution is 2.48. The lowest BCUT2D eigenvalue weighted by Crippen LogP contribution is -2.15. The molecule has 1 aromatic carbocycles. The molecule has 0 aliphatic heterocycles. The van der Waals surface area contributed by atoms with Gasteiger partial charge in [-0.2, -0.15) is 0 Å². The van der Waals surface area contributed by atoms with Crippen LogP contribution in [0.2, 0.25) is 5.15 Å². The molecule has 0 atom stereocenters. The molecule has 0 radical (unpaired) electrons. The number of fused-ring (bicyclic) bond motifs is 1. The van der Waals surface area contributed by atoms with Crippen LogP contribution in [-0.4, -0.2) is 27.6 Å². The van der Waals surface area contributed by atoms with E-state index in [2.05, 4.69) is 22.2 Å². The Morgan fingerprint density at radius 3 is 2.67 bits per heavy atom. The third-order valence-electron chi connectivity index (χ3n) is 4.98. The summed E-state index contributed by atoms with van der Waals surface area (Å²) in [7, 11) is 1.64. The average molecular weight is 386 g/mol. The Balaban J connectivity index is 1.75. The van der Waals surface area contributed by atoms with Gasteiger partial charge in [-0.3, -0.25) is 4.79 Å². The normalized spacial score (nSPS) is 15.1. The van der Waals surface area contributed by atoms with Gasteiger partial charge in [-0.05, 0) is 37.5 Å². The Morgan fingerprint density at radius 1 is 1.33 bits per heavy atom. The zero-order valence-corrected chi connectivity index (χ0v) is 15.9. The molecule has 1 fully saturated rings. The SMILES string of the molecule is COCc1ccc(NC(=O)c2c(Cl)n(C3(C)CC3)c3ncnc(N)c23)cc1. The Kier molecular flexibility index (Phi) is 4.28. The van der Waals surface area contributed by atoms with E-state index in [0.29, 0.717) is 34.0 Å². The maximum atomic E-state index is 13.0. The number of aromatic nitrogens is 3. The minimum Gasteiger partial charge on any atom is -0.383 e. The van der Waals surface area contributed by atoms with Crippen LogP contribution in [0.25, 0.3) is 11.0 Å². The number of anilines is 2. The van der Waals surface area contributed by atoms with Crippen LogP contribution in [0.5, 0.6) is 0 Å². The van der Waals surface area contributed by atoms with Crippen LogP contribution in [0.1, 0.15) is 35.7 Å². The number of carbonyl (C=O) groups excluding carboxylic acids is 1. The van der Waals surface area contributed by atoms with Gasteiger partial charge >= 0.3 is 0 Å². The predicted octanol–water partition coefficient (Wildman–Crippen LogP) is 3.57. The van der Waals surface area contributed by atoms with Crippen molar-refractivity contribution in [2.24, 2.45) is 0 Å². The van der Waals surface area contributed by atoms with Gasteiger partial charge < -0.3 is 20.4 Å². The molecule has 0 spiro atoms. The van der Waals surface area contributed by atoms with Crippen molar-refractivity contribution in [3.05, 3.63) is 46.9 Å². The number of hydrogen-bond donors (Lipinski definition) is 2. The first-order chi connectivity index (χ1) is 12.9. The standard InChI is InChI=1S/C19H20ClN5O2/c1-19(7-8-19)25-15(20)13(14-16(21)22-10-23-17(14)25)18(26)24-12-5-3-11(4-6-12)9-27-2/h3-6,10H,7-9H2,1-2H3,(H,24,26)(H2,21,22,23). The number of nitrogen functional groups attached to an aromatic ring is 1. The molecule has 1 aliphatic rings. The summed E-state index contributed by atoms with van der Waals surface area (Å²) in [5.41, 5.74) is 8.50. The molecule has 7 nitrogen and oxygen atoms in total. The van der Waals surface area contributed by atoms with E-state index in [1.165, 1.54) is 6.33 Å². The number of benzene rings is 1. The van der Waals surface area contributed by atoms with E-state index in [1.54, 1.807) is 7.11 Å². The van der Waals surface area contributed by atoms with Crippen molar-refractivity contribution in [3.63, 3.8) is 0 Å². The maximum Gasteiger partial charge on any atom is 0.259 e. The topological polar surface area (TPSA) is 95.1 Å². The van der Waals surface area contributed by atoms with Crippen molar-refractivity contribution in [2.75, 3.05) is 18.2 Å². The summed E-state index contributed by atoms with van der Waals surface area (Å²) >= 11 is 6.64. The summed E-state index contributed by atoms with van der Waals surface area (Å²) in [5.74, 6) is -0.0977. The summed E-state index contributed by atoms with van der Waals surface area (Å²) in [6.45, 7) is 2.60. The molecule has 8 heteroatoms. The van der Waals surface area contributed by atoms with E-state index < -0.39 is 0 Å². The van der Waals surface area contributed by atoms with E-state index in [0.717, 1.165) is 18.4 Å². The molecular formula is C19H20ClN5O2. The Labute approximate surface area is 161 Å². The lowest BCUT2D eigenvalue weighted by atomic mass is 10.2. The number of ether oxygens (including phenoxy) is 1. The highest BCUT2D eigenvalue weighted by molar-refractivity contribution is 6.36. The van der Waals surface area contributed by atoms with Crippen LogP contribution in [0.4, 0.5) is 11.5 Å². The molecule has 27 heavy (non-hydrogen) atoms. The van der Waals surface area contributed by atoms with Crippen LogP contribution in [0.15, 0.2) is 30.6 Å². The van der Waals surface area contributed by atoms with Crippen molar-refractivity contribution < 1.29 is 9.53 Å². The van der Waals surface area contributed by atoms with E-state index in [9.17, 15) is 4.79 Å². The van der Waals surface area contributed by atoms with Crippen LogP contribution in [0, 0.1) is 0 Å². The number of rotatable bonds is 5. The first-order valence-electron chi connectivity index (χ1n) is 8.65. The fourth-order valence-electron chi connectivity index (χ4n) is 3.26.